The van der Waals surface area contributed by atoms with Gasteiger partial charge >= 0.3 is 0 Å². The monoisotopic (exact) mass is 283 g/mol. The standard InChI is InChI=1S/C17H21N3O/c1-12-10-13(8-9-15(12)18)17(21)19-16-7-5-4-6-14(16)11-20(2)3/h4-10H,11,18H2,1-3H3,(H,19,21). The van der Waals surface area contributed by atoms with Gasteiger partial charge < -0.3 is 16.0 Å². The average molecular weight is 283 g/mol. The molecule has 1 amide bonds. The van der Waals surface area contributed by atoms with Gasteiger partial charge in [-0.25, -0.2) is 0 Å². The highest BCUT2D eigenvalue weighted by molar-refractivity contribution is 6.05. The molecule has 4 nitrogen and oxygen atoms in total. The van der Waals surface area contributed by atoms with Crippen LogP contribution in [0.15, 0.2) is 42.5 Å². The van der Waals surface area contributed by atoms with Gasteiger partial charge in [-0.3, -0.25) is 4.79 Å². The highest BCUT2D eigenvalue weighted by Gasteiger charge is 2.10. The Morgan fingerprint density at radius 2 is 1.90 bits per heavy atom. The lowest BCUT2D eigenvalue weighted by atomic mass is 10.1. The van der Waals surface area contributed by atoms with E-state index in [1.165, 1.54) is 0 Å². The number of para-hydroxylation sites is 1. The zero-order valence-electron chi connectivity index (χ0n) is 12.7. The van der Waals surface area contributed by atoms with Crippen LogP contribution >= 0.6 is 0 Å². The van der Waals surface area contributed by atoms with Crippen LogP contribution < -0.4 is 11.1 Å². The maximum atomic E-state index is 12.4. The number of nitrogens with two attached hydrogens (primary N) is 1. The molecule has 0 aliphatic rings. The number of hydrogen-bond donors (Lipinski definition) is 2. The summed E-state index contributed by atoms with van der Waals surface area (Å²) >= 11 is 0. The van der Waals surface area contributed by atoms with Crippen molar-refractivity contribution in [1.29, 1.82) is 0 Å². The number of benzene rings is 2. The van der Waals surface area contributed by atoms with E-state index >= 15 is 0 Å². The summed E-state index contributed by atoms with van der Waals surface area (Å²) in [7, 11) is 4.00. The summed E-state index contributed by atoms with van der Waals surface area (Å²) in [5.41, 5.74) is 9.92. The highest BCUT2D eigenvalue weighted by atomic mass is 16.1. The van der Waals surface area contributed by atoms with Gasteiger partial charge in [-0.1, -0.05) is 18.2 Å². The van der Waals surface area contributed by atoms with Crippen LogP contribution in [0.5, 0.6) is 0 Å². The molecule has 21 heavy (non-hydrogen) atoms. The van der Waals surface area contributed by atoms with Crippen molar-refractivity contribution in [2.75, 3.05) is 25.1 Å². The van der Waals surface area contributed by atoms with Crippen LogP contribution in [0, 0.1) is 6.92 Å². The first-order valence-electron chi connectivity index (χ1n) is 6.87. The van der Waals surface area contributed by atoms with Crippen LogP contribution in [0.1, 0.15) is 21.5 Å². The van der Waals surface area contributed by atoms with Gasteiger partial charge in [0.1, 0.15) is 0 Å². The van der Waals surface area contributed by atoms with Crippen molar-refractivity contribution >= 4 is 17.3 Å². The third-order valence-electron chi connectivity index (χ3n) is 3.28. The van der Waals surface area contributed by atoms with E-state index in [0.717, 1.165) is 23.4 Å². The molecule has 0 atom stereocenters. The Labute approximate surface area is 125 Å². The maximum Gasteiger partial charge on any atom is 0.255 e. The first kappa shape index (κ1) is 15.1. The lowest BCUT2D eigenvalue weighted by Crippen LogP contribution is -2.16. The smallest absolute Gasteiger partial charge is 0.255 e. The number of carbonyl (C=O) groups excluding carboxylic acids is 1. The van der Waals surface area contributed by atoms with E-state index < -0.39 is 0 Å². The lowest BCUT2D eigenvalue weighted by Gasteiger charge is -2.15. The quantitative estimate of drug-likeness (QED) is 0.848. The van der Waals surface area contributed by atoms with Crippen molar-refractivity contribution in [3.05, 3.63) is 59.2 Å². The van der Waals surface area contributed by atoms with Crippen LogP contribution in [-0.2, 0) is 6.54 Å². The largest absolute Gasteiger partial charge is 0.399 e. The Bertz CT molecular complexity index is 650. The van der Waals surface area contributed by atoms with Crippen LogP contribution in [0.4, 0.5) is 11.4 Å². The first-order valence-corrected chi connectivity index (χ1v) is 6.87. The van der Waals surface area contributed by atoms with Crippen molar-refractivity contribution in [2.24, 2.45) is 0 Å². The predicted octanol–water partition coefficient (Wildman–Crippen LogP) is 2.89. The van der Waals surface area contributed by atoms with Crippen LogP contribution in [-0.4, -0.2) is 24.9 Å². The summed E-state index contributed by atoms with van der Waals surface area (Å²) in [5.74, 6) is -0.121. The maximum absolute atomic E-state index is 12.4. The Morgan fingerprint density at radius 1 is 1.19 bits per heavy atom. The van der Waals surface area contributed by atoms with Gasteiger partial charge in [0.05, 0.1) is 0 Å². The van der Waals surface area contributed by atoms with Crippen molar-refractivity contribution in [1.82, 2.24) is 4.90 Å². The molecule has 2 aromatic rings. The minimum atomic E-state index is -0.121. The summed E-state index contributed by atoms with van der Waals surface area (Å²) in [4.78, 5) is 14.4. The van der Waals surface area contributed by atoms with E-state index in [4.69, 9.17) is 5.73 Å². The predicted molar refractivity (Wildman–Crippen MR) is 87.4 cm³/mol. The zero-order chi connectivity index (χ0) is 15.4. The van der Waals surface area contributed by atoms with Gasteiger partial charge in [-0.15, -0.1) is 0 Å². The molecular weight excluding hydrogens is 262 g/mol. The molecule has 0 saturated heterocycles. The molecule has 0 unspecified atom stereocenters. The van der Waals surface area contributed by atoms with Crippen molar-refractivity contribution < 1.29 is 4.79 Å². The van der Waals surface area contributed by atoms with E-state index in [0.29, 0.717) is 11.3 Å². The summed E-state index contributed by atoms with van der Waals surface area (Å²) < 4.78 is 0. The third-order valence-corrected chi connectivity index (χ3v) is 3.28. The van der Waals surface area contributed by atoms with Gasteiger partial charge in [-0.05, 0) is 56.4 Å². The van der Waals surface area contributed by atoms with E-state index in [2.05, 4.69) is 10.2 Å². The molecule has 0 saturated carbocycles. The topological polar surface area (TPSA) is 58.4 Å². The summed E-state index contributed by atoms with van der Waals surface area (Å²) in [6.07, 6.45) is 0. The second kappa shape index (κ2) is 6.41. The molecule has 0 spiro atoms. The molecule has 0 bridgehead atoms. The molecule has 0 aliphatic carbocycles. The molecule has 0 heterocycles. The SMILES string of the molecule is Cc1cc(C(=O)Nc2ccccc2CN(C)C)ccc1N. The third kappa shape index (κ3) is 3.83. The number of rotatable bonds is 4. The number of carbonyl (C=O) groups is 1. The Hall–Kier alpha value is -2.33. The molecule has 4 heteroatoms. The number of nitrogens with zero attached hydrogens (tertiary/aromatic N) is 1. The van der Waals surface area contributed by atoms with E-state index in [9.17, 15) is 4.79 Å². The van der Waals surface area contributed by atoms with Crippen LogP contribution in [0.25, 0.3) is 0 Å². The second-order valence-corrected chi connectivity index (χ2v) is 5.42. The molecule has 0 aliphatic heterocycles. The molecule has 110 valence electrons. The molecular formula is C17H21N3O. The fraction of sp³-hybridized carbons (Fsp3) is 0.235. The number of amides is 1. The second-order valence-electron chi connectivity index (χ2n) is 5.42. The molecule has 0 fully saturated rings. The number of hydrogen-bond acceptors (Lipinski definition) is 3. The fourth-order valence-electron chi connectivity index (χ4n) is 2.13. The molecule has 0 aromatic heterocycles. The zero-order valence-corrected chi connectivity index (χ0v) is 12.7. The minimum Gasteiger partial charge on any atom is -0.399 e. The van der Waals surface area contributed by atoms with Gasteiger partial charge in [0.15, 0.2) is 0 Å². The van der Waals surface area contributed by atoms with Gasteiger partial charge in [0.25, 0.3) is 5.91 Å². The Morgan fingerprint density at radius 3 is 2.57 bits per heavy atom. The van der Waals surface area contributed by atoms with Crippen molar-refractivity contribution in [3.63, 3.8) is 0 Å². The minimum absolute atomic E-state index is 0.121. The number of anilines is 2. The Kier molecular flexibility index (Phi) is 4.60. The normalized spacial score (nSPS) is 10.7. The van der Waals surface area contributed by atoms with Gasteiger partial charge in [0, 0.05) is 23.5 Å². The van der Waals surface area contributed by atoms with Gasteiger partial charge in [-0.2, -0.15) is 0 Å². The lowest BCUT2D eigenvalue weighted by molar-refractivity contribution is 0.102. The molecule has 3 N–H and O–H groups in total. The van der Waals surface area contributed by atoms with Crippen LogP contribution in [0.3, 0.4) is 0 Å². The van der Waals surface area contributed by atoms with E-state index in [-0.39, 0.29) is 5.91 Å². The fourth-order valence-corrected chi connectivity index (χ4v) is 2.13. The summed E-state index contributed by atoms with van der Waals surface area (Å²) in [6.45, 7) is 2.67. The number of aryl methyl sites for hydroxylation is 1. The van der Waals surface area contributed by atoms with E-state index in [1.54, 1.807) is 18.2 Å². The molecule has 2 aromatic carbocycles. The summed E-state index contributed by atoms with van der Waals surface area (Å²) in [6, 6.07) is 13.1. The number of nitrogens with one attached hydrogen (secondary N) is 1. The highest BCUT2D eigenvalue weighted by Crippen LogP contribution is 2.19. The van der Waals surface area contributed by atoms with Crippen molar-refractivity contribution in [3.8, 4) is 0 Å². The van der Waals surface area contributed by atoms with Crippen LogP contribution in [0.2, 0.25) is 0 Å². The molecule has 0 radical (unpaired) electrons. The Balaban J connectivity index is 2.21. The number of nitrogen functional groups attached to an aromatic ring is 1. The van der Waals surface area contributed by atoms with Gasteiger partial charge in [0.2, 0.25) is 0 Å². The van der Waals surface area contributed by atoms with Crippen molar-refractivity contribution in [2.45, 2.75) is 13.5 Å². The molecule has 2 rings (SSSR count). The first-order chi connectivity index (χ1) is 9.97. The average Bonchev–Trinajstić information content (AvgIpc) is 2.43. The summed E-state index contributed by atoms with van der Waals surface area (Å²) in [5, 5.41) is 2.97. The van der Waals surface area contributed by atoms with E-state index in [1.807, 2.05) is 45.3 Å².